The van der Waals surface area contributed by atoms with Crippen molar-refractivity contribution in [3.63, 3.8) is 0 Å². The molecule has 1 saturated carbocycles. The van der Waals surface area contributed by atoms with Gasteiger partial charge in [-0.05, 0) is 60.3 Å². The molecule has 1 heterocycles. The van der Waals surface area contributed by atoms with Crippen LogP contribution in [0.5, 0.6) is 0 Å². The lowest BCUT2D eigenvalue weighted by atomic mass is 9.80. The van der Waals surface area contributed by atoms with Crippen LogP contribution in [0.3, 0.4) is 0 Å². The number of fused-ring (bicyclic) bond motifs is 3. The molecule has 0 radical (unpaired) electrons. The second-order valence-electron chi connectivity index (χ2n) is 10.1. The van der Waals surface area contributed by atoms with E-state index in [0.29, 0.717) is 0 Å². The van der Waals surface area contributed by atoms with Crippen molar-refractivity contribution in [1.29, 1.82) is 0 Å². The largest absolute Gasteiger partial charge is 0.354 e. The molecule has 156 valence electrons. The lowest BCUT2D eigenvalue weighted by molar-refractivity contribution is 0.446. The van der Waals surface area contributed by atoms with E-state index in [2.05, 4.69) is 74.6 Å². The van der Waals surface area contributed by atoms with Gasteiger partial charge in [-0.1, -0.05) is 76.4 Å². The highest BCUT2D eigenvalue weighted by molar-refractivity contribution is 7.26. The van der Waals surface area contributed by atoms with Crippen molar-refractivity contribution in [2.24, 2.45) is 5.41 Å². The van der Waals surface area contributed by atoms with E-state index in [1.807, 2.05) is 11.3 Å². The Morgan fingerprint density at radius 2 is 1.63 bits per heavy atom. The zero-order valence-corrected chi connectivity index (χ0v) is 19.4. The summed E-state index contributed by atoms with van der Waals surface area (Å²) in [6.07, 6.45) is 13.8. The average Bonchev–Trinajstić information content (AvgIpc) is 3.14. The van der Waals surface area contributed by atoms with Gasteiger partial charge in [0.1, 0.15) is 0 Å². The van der Waals surface area contributed by atoms with Crippen molar-refractivity contribution in [2.75, 3.05) is 5.32 Å². The lowest BCUT2D eigenvalue weighted by Crippen LogP contribution is -2.16. The molecule has 0 bridgehead atoms. The standard InChI is InChI=1S/C28H33NS/c1-28(2,3)23-16-7-8-17-24(23)29-25-18-10-15-22-21-14-9-13-20(26(21)30-27(22)25)19-11-5-4-6-12-19/h8-10,13-15,17-19,29H,4-7,11-12,16H2,1-3H3. The van der Waals surface area contributed by atoms with Gasteiger partial charge < -0.3 is 5.32 Å². The Bertz CT molecular complexity index is 1130. The summed E-state index contributed by atoms with van der Waals surface area (Å²) in [6.45, 7) is 7.00. The Morgan fingerprint density at radius 1 is 0.900 bits per heavy atom. The van der Waals surface area contributed by atoms with Crippen LogP contribution in [-0.4, -0.2) is 0 Å². The summed E-state index contributed by atoms with van der Waals surface area (Å²) in [6, 6.07) is 13.8. The van der Waals surface area contributed by atoms with Gasteiger partial charge >= 0.3 is 0 Å². The first-order valence-electron chi connectivity index (χ1n) is 11.6. The maximum Gasteiger partial charge on any atom is 0.0590 e. The number of hydrogen-bond donors (Lipinski definition) is 1. The number of nitrogens with one attached hydrogen (secondary N) is 1. The van der Waals surface area contributed by atoms with Crippen LogP contribution in [0.15, 0.2) is 59.8 Å². The highest BCUT2D eigenvalue weighted by atomic mass is 32.1. The maximum absolute atomic E-state index is 3.84. The molecule has 5 rings (SSSR count). The fraction of sp³-hybridized carbons (Fsp3) is 0.429. The van der Waals surface area contributed by atoms with Gasteiger partial charge in [0.2, 0.25) is 0 Å². The van der Waals surface area contributed by atoms with Crippen LogP contribution in [-0.2, 0) is 0 Å². The van der Waals surface area contributed by atoms with E-state index in [1.54, 1.807) is 5.56 Å². The van der Waals surface area contributed by atoms with E-state index in [9.17, 15) is 0 Å². The Hall–Kier alpha value is -2.06. The number of thiophene rings is 1. The van der Waals surface area contributed by atoms with E-state index < -0.39 is 0 Å². The first-order valence-corrected chi connectivity index (χ1v) is 12.5. The molecule has 0 spiro atoms. The topological polar surface area (TPSA) is 12.0 Å². The number of benzene rings is 2. The minimum Gasteiger partial charge on any atom is -0.354 e. The molecule has 1 fully saturated rings. The van der Waals surface area contributed by atoms with E-state index >= 15 is 0 Å². The maximum atomic E-state index is 3.84. The van der Waals surface area contributed by atoms with E-state index in [-0.39, 0.29) is 5.41 Å². The van der Waals surface area contributed by atoms with Crippen molar-refractivity contribution in [3.05, 3.63) is 65.4 Å². The van der Waals surface area contributed by atoms with E-state index in [0.717, 1.165) is 18.8 Å². The molecule has 0 unspecified atom stereocenters. The first-order chi connectivity index (χ1) is 14.5. The lowest BCUT2D eigenvalue weighted by Gasteiger charge is -2.28. The molecule has 2 aliphatic rings. The van der Waals surface area contributed by atoms with Crippen molar-refractivity contribution >= 4 is 37.2 Å². The van der Waals surface area contributed by atoms with Crippen LogP contribution >= 0.6 is 11.3 Å². The minimum atomic E-state index is 0.190. The summed E-state index contributed by atoms with van der Waals surface area (Å²) >= 11 is 2.00. The Labute approximate surface area is 184 Å². The summed E-state index contributed by atoms with van der Waals surface area (Å²) in [5.74, 6) is 0.739. The summed E-state index contributed by atoms with van der Waals surface area (Å²) < 4.78 is 2.91. The van der Waals surface area contributed by atoms with Crippen LogP contribution in [0.25, 0.3) is 20.2 Å². The van der Waals surface area contributed by atoms with Crippen molar-refractivity contribution in [1.82, 2.24) is 0 Å². The first kappa shape index (κ1) is 19.9. The Balaban J connectivity index is 1.62. The quantitative estimate of drug-likeness (QED) is 0.449. The summed E-state index contributed by atoms with van der Waals surface area (Å²) in [5, 5.41) is 6.68. The van der Waals surface area contributed by atoms with Crippen molar-refractivity contribution < 1.29 is 0 Å². The fourth-order valence-corrected chi connectivity index (χ4v) is 6.74. The molecule has 3 aromatic rings. The molecule has 2 aliphatic carbocycles. The Morgan fingerprint density at radius 3 is 2.40 bits per heavy atom. The van der Waals surface area contributed by atoms with Gasteiger partial charge in [0, 0.05) is 21.2 Å². The molecular weight excluding hydrogens is 382 g/mol. The van der Waals surface area contributed by atoms with Gasteiger partial charge in [-0.3, -0.25) is 0 Å². The zero-order valence-electron chi connectivity index (χ0n) is 18.6. The second kappa shape index (κ2) is 7.89. The van der Waals surface area contributed by atoms with E-state index in [1.165, 1.54) is 69.2 Å². The zero-order chi connectivity index (χ0) is 20.7. The van der Waals surface area contributed by atoms with Gasteiger partial charge in [0.05, 0.1) is 10.4 Å². The molecule has 30 heavy (non-hydrogen) atoms. The normalized spacial score (nSPS) is 18.5. The third kappa shape index (κ3) is 3.60. The molecule has 0 saturated heterocycles. The molecular formula is C28H33NS. The SMILES string of the molecule is CC(C)(C)C1=C(Nc2cccc3c2sc2c(C4CCCCC4)cccc23)C=CCC1. The third-order valence-electron chi connectivity index (χ3n) is 6.95. The highest BCUT2D eigenvalue weighted by Crippen LogP contribution is 2.45. The summed E-state index contributed by atoms with van der Waals surface area (Å²) in [4.78, 5) is 0. The number of rotatable bonds is 3. The summed E-state index contributed by atoms with van der Waals surface area (Å²) in [7, 11) is 0. The van der Waals surface area contributed by atoms with Gasteiger partial charge in [-0.25, -0.2) is 0 Å². The number of allylic oxidation sites excluding steroid dienone is 3. The molecule has 1 nitrogen and oxygen atoms in total. The minimum absolute atomic E-state index is 0.190. The van der Waals surface area contributed by atoms with Gasteiger partial charge in [-0.2, -0.15) is 0 Å². The molecule has 2 aromatic carbocycles. The van der Waals surface area contributed by atoms with Crippen LogP contribution in [0, 0.1) is 5.41 Å². The predicted octanol–water partition coefficient (Wildman–Crippen LogP) is 9.16. The predicted molar refractivity (Wildman–Crippen MR) is 134 cm³/mol. The van der Waals surface area contributed by atoms with Crippen LogP contribution in [0.2, 0.25) is 0 Å². The van der Waals surface area contributed by atoms with Gasteiger partial charge in [0.15, 0.2) is 0 Å². The smallest absolute Gasteiger partial charge is 0.0590 e. The van der Waals surface area contributed by atoms with Crippen LogP contribution in [0.4, 0.5) is 5.69 Å². The molecule has 0 atom stereocenters. The van der Waals surface area contributed by atoms with E-state index in [4.69, 9.17) is 0 Å². The Kier molecular flexibility index (Phi) is 5.23. The van der Waals surface area contributed by atoms with Crippen molar-refractivity contribution in [2.45, 2.75) is 71.6 Å². The van der Waals surface area contributed by atoms with Gasteiger partial charge in [0.25, 0.3) is 0 Å². The molecule has 1 aromatic heterocycles. The van der Waals surface area contributed by atoms with Crippen LogP contribution < -0.4 is 5.32 Å². The van der Waals surface area contributed by atoms with Crippen molar-refractivity contribution in [3.8, 4) is 0 Å². The number of anilines is 1. The molecule has 0 amide bonds. The second-order valence-corrected chi connectivity index (χ2v) is 11.1. The molecule has 2 heteroatoms. The summed E-state index contributed by atoms with van der Waals surface area (Å²) in [5.41, 5.74) is 5.87. The molecule has 1 N–H and O–H groups in total. The highest BCUT2D eigenvalue weighted by Gasteiger charge is 2.23. The monoisotopic (exact) mass is 415 g/mol. The molecule has 0 aliphatic heterocycles. The average molecular weight is 416 g/mol. The number of hydrogen-bond acceptors (Lipinski definition) is 2. The third-order valence-corrected chi connectivity index (χ3v) is 8.25. The fourth-order valence-electron chi connectivity index (χ4n) is 5.38. The van der Waals surface area contributed by atoms with Crippen LogP contribution in [0.1, 0.15) is 77.2 Å². The van der Waals surface area contributed by atoms with Gasteiger partial charge in [-0.15, -0.1) is 11.3 Å².